The van der Waals surface area contributed by atoms with Gasteiger partial charge in [-0.25, -0.2) is 4.98 Å². The molecule has 5 nitrogen and oxygen atoms in total. The first-order valence-corrected chi connectivity index (χ1v) is 6.71. The molecule has 0 bridgehead atoms. The maximum absolute atomic E-state index is 12.1. The van der Waals surface area contributed by atoms with Crippen molar-refractivity contribution in [1.82, 2.24) is 15.2 Å². The topological polar surface area (TPSA) is 70.7 Å². The third kappa shape index (κ3) is 2.02. The van der Waals surface area contributed by atoms with Crippen LogP contribution in [0.25, 0.3) is 10.9 Å². The first kappa shape index (κ1) is 11.4. The van der Waals surface area contributed by atoms with E-state index in [1.54, 1.807) is 6.20 Å². The zero-order valence-corrected chi connectivity index (χ0v) is 11.4. The van der Waals surface area contributed by atoms with E-state index in [0.717, 1.165) is 14.7 Å². The van der Waals surface area contributed by atoms with Gasteiger partial charge in [0.1, 0.15) is 0 Å². The van der Waals surface area contributed by atoms with Gasteiger partial charge in [0.05, 0.1) is 15.5 Å². The Hall–Kier alpha value is -1.73. The van der Waals surface area contributed by atoms with Crippen molar-refractivity contribution >= 4 is 49.2 Å². The minimum atomic E-state index is -0.269. The fourth-order valence-electron chi connectivity index (χ4n) is 1.61. The van der Waals surface area contributed by atoms with Gasteiger partial charge in [-0.1, -0.05) is 29.5 Å². The molecular weight excluding hydrogens is 316 g/mol. The van der Waals surface area contributed by atoms with Gasteiger partial charge in [-0.05, 0) is 22.0 Å². The molecule has 7 heteroatoms. The Bertz CT molecular complexity index is 720. The van der Waals surface area contributed by atoms with Crippen LogP contribution in [0.3, 0.4) is 0 Å². The van der Waals surface area contributed by atoms with Crippen molar-refractivity contribution in [3.8, 4) is 0 Å². The van der Waals surface area contributed by atoms with Crippen molar-refractivity contribution in [2.24, 2.45) is 0 Å². The average molecular weight is 323 g/mol. The van der Waals surface area contributed by atoms with Crippen LogP contribution >= 0.6 is 27.3 Å². The number of carbonyl (C=O) groups excluding carboxylic acids is 1. The molecule has 0 fully saturated rings. The summed E-state index contributed by atoms with van der Waals surface area (Å²) in [7, 11) is 0. The highest BCUT2D eigenvalue weighted by molar-refractivity contribution is 9.11. The molecule has 0 aliphatic rings. The molecule has 0 atom stereocenters. The highest BCUT2D eigenvalue weighted by Crippen LogP contribution is 2.24. The number of carbonyl (C=O) groups is 1. The second kappa shape index (κ2) is 4.51. The first-order chi connectivity index (χ1) is 8.74. The quantitative estimate of drug-likeness (QED) is 0.761. The lowest BCUT2D eigenvalue weighted by Crippen LogP contribution is -2.12. The Balaban J connectivity index is 1.92. The number of aromatic nitrogens is 3. The molecule has 3 aromatic rings. The minimum absolute atomic E-state index is 0.269. The number of nitrogens with one attached hydrogen (secondary N) is 2. The number of amides is 1. The number of H-pyrrole nitrogens is 1. The molecule has 0 radical (unpaired) electrons. The normalized spacial score (nSPS) is 10.7. The SMILES string of the molecule is O=C(Nc1ncc(Br)s1)c1n[nH]c2ccccc12. The summed E-state index contributed by atoms with van der Waals surface area (Å²) in [5.41, 5.74) is 1.21. The monoisotopic (exact) mass is 322 g/mol. The van der Waals surface area contributed by atoms with E-state index in [1.165, 1.54) is 11.3 Å². The second-order valence-electron chi connectivity index (χ2n) is 3.54. The number of benzene rings is 1. The molecule has 0 spiro atoms. The summed E-state index contributed by atoms with van der Waals surface area (Å²) in [6, 6.07) is 7.49. The van der Waals surface area contributed by atoms with Crippen LogP contribution < -0.4 is 5.32 Å². The number of anilines is 1. The number of nitrogens with zero attached hydrogens (tertiary/aromatic N) is 2. The standard InChI is InChI=1S/C11H7BrN4OS/c12-8-5-13-11(18-8)14-10(17)9-6-3-1-2-4-7(6)15-16-9/h1-5H,(H,15,16)(H,13,14,17). The molecule has 0 saturated heterocycles. The van der Waals surface area contributed by atoms with Gasteiger partial charge in [0, 0.05) is 5.39 Å². The molecule has 1 amide bonds. The summed E-state index contributed by atoms with van der Waals surface area (Å²) in [6.45, 7) is 0. The zero-order chi connectivity index (χ0) is 12.5. The van der Waals surface area contributed by atoms with Gasteiger partial charge in [-0.3, -0.25) is 15.2 Å². The van der Waals surface area contributed by atoms with E-state index in [-0.39, 0.29) is 5.91 Å². The summed E-state index contributed by atoms with van der Waals surface area (Å²) in [6.07, 6.45) is 1.64. The lowest BCUT2D eigenvalue weighted by atomic mass is 10.2. The van der Waals surface area contributed by atoms with Crippen molar-refractivity contribution in [1.29, 1.82) is 0 Å². The fourth-order valence-corrected chi connectivity index (χ4v) is 2.71. The van der Waals surface area contributed by atoms with Crippen LogP contribution in [-0.2, 0) is 0 Å². The molecular formula is C11H7BrN4OS. The molecule has 1 aromatic carbocycles. The molecule has 18 heavy (non-hydrogen) atoms. The van der Waals surface area contributed by atoms with Crippen LogP contribution in [0.5, 0.6) is 0 Å². The lowest BCUT2D eigenvalue weighted by molar-refractivity contribution is 0.102. The number of hydrogen-bond donors (Lipinski definition) is 2. The number of halogens is 1. The Morgan fingerprint density at radius 1 is 1.39 bits per heavy atom. The van der Waals surface area contributed by atoms with Gasteiger partial charge in [-0.15, -0.1) is 0 Å². The van der Waals surface area contributed by atoms with Crippen molar-refractivity contribution < 1.29 is 4.79 Å². The van der Waals surface area contributed by atoms with Crippen molar-refractivity contribution in [2.45, 2.75) is 0 Å². The van der Waals surface area contributed by atoms with Gasteiger partial charge < -0.3 is 0 Å². The van der Waals surface area contributed by atoms with Crippen LogP contribution in [0.15, 0.2) is 34.2 Å². The Morgan fingerprint density at radius 2 is 2.22 bits per heavy atom. The van der Waals surface area contributed by atoms with E-state index in [1.807, 2.05) is 24.3 Å². The van der Waals surface area contributed by atoms with Crippen molar-refractivity contribution in [2.75, 3.05) is 5.32 Å². The molecule has 0 unspecified atom stereocenters. The lowest BCUT2D eigenvalue weighted by Gasteiger charge is -1.98. The molecule has 0 saturated carbocycles. The fraction of sp³-hybridized carbons (Fsp3) is 0. The molecule has 0 aliphatic heterocycles. The van der Waals surface area contributed by atoms with E-state index in [4.69, 9.17) is 0 Å². The first-order valence-electron chi connectivity index (χ1n) is 5.10. The van der Waals surface area contributed by atoms with Gasteiger partial charge in [-0.2, -0.15) is 5.10 Å². The van der Waals surface area contributed by atoms with Crippen LogP contribution in [0.2, 0.25) is 0 Å². The van der Waals surface area contributed by atoms with E-state index < -0.39 is 0 Å². The van der Waals surface area contributed by atoms with Gasteiger partial charge >= 0.3 is 0 Å². The van der Waals surface area contributed by atoms with E-state index >= 15 is 0 Å². The number of para-hydroxylation sites is 1. The van der Waals surface area contributed by atoms with Crippen LogP contribution in [-0.4, -0.2) is 21.1 Å². The zero-order valence-electron chi connectivity index (χ0n) is 8.98. The average Bonchev–Trinajstić information content (AvgIpc) is 2.95. The molecule has 2 aromatic heterocycles. The predicted molar refractivity (Wildman–Crippen MR) is 73.9 cm³/mol. The molecule has 2 heterocycles. The minimum Gasteiger partial charge on any atom is -0.296 e. The molecule has 2 N–H and O–H groups in total. The highest BCUT2D eigenvalue weighted by atomic mass is 79.9. The maximum atomic E-state index is 12.1. The summed E-state index contributed by atoms with van der Waals surface area (Å²) in [5.74, 6) is -0.269. The third-order valence-corrected chi connectivity index (χ3v) is 3.77. The summed E-state index contributed by atoms with van der Waals surface area (Å²) in [5, 5.41) is 10.9. The number of rotatable bonds is 2. The maximum Gasteiger partial charge on any atom is 0.278 e. The van der Waals surface area contributed by atoms with Crippen molar-refractivity contribution in [3.63, 3.8) is 0 Å². The number of hydrogen-bond acceptors (Lipinski definition) is 4. The molecule has 90 valence electrons. The van der Waals surface area contributed by atoms with Crippen LogP contribution in [0.1, 0.15) is 10.5 Å². The molecule has 0 aliphatic carbocycles. The Morgan fingerprint density at radius 3 is 3.00 bits per heavy atom. The van der Waals surface area contributed by atoms with Crippen molar-refractivity contribution in [3.05, 3.63) is 39.9 Å². The molecule has 3 rings (SSSR count). The number of fused-ring (bicyclic) bond motifs is 1. The number of aromatic amines is 1. The Labute approximate surface area is 114 Å². The summed E-state index contributed by atoms with van der Waals surface area (Å²) < 4.78 is 0.865. The summed E-state index contributed by atoms with van der Waals surface area (Å²) in [4.78, 5) is 16.1. The summed E-state index contributed by atoms with van der Waals surface area (Å²) >= 11 is 4.65. The third-order valence-electron chi connectivity index (χ3n) is 2.38. The van der Waals surface area contributed by atoms with Gasteiger partial charge in [0.25, 0.3) is 5.91 Å². The van der Waals surface area contributed by atoms with Gasteiger partial charge in [0.2, 0.25) is 0 Å². The Kier molecular flexibility index (Phi) is 2.85. The number of thiazole rings is 1. The van der Waals surface area contributed by atoms with E-state index in [9.17, 15) is 4.79 Å². The van der Waals surface area contributed by atoms with Gasteiger partial charge in [0.15, 0.2) is 10.8 Å². The van der Waals surface area contributed by atoms with E-state index in [2.05, 4.69) is 36.4 Å². The largest absolute Gasteiger partial charge is 0.296 e. The smallest absolute Gasteiger partial charge is 0.278 e. The van der Waals surface area contributed by atoms with Crippen LogP contribution in [0, 0.1) is 0 Å². The highest BCUT2D eigenvalue weighted by Gasteiger charge is 2.15. The predicted octanol–water partition coefficient (Wildman–Crippen LogP) is 3.03. The second-order valence-corrected chi connectivity index (χ2v) is 5.95. The van der Waals surface area contributed by atoms with E-state index in [0.29, 0.717) is 10.8 Å². The van der Waals surface area contributed by atoms with Crippen LogP contribution in [0.4, 0.5) is 5.13 Å².